The zero-order chi connectivity index (χ0) is 16.9. The molecule has 3 heterocycles. The molecule has 3 aromatic rings. The fourth-order valence-electron chi connectivity index (χ4n) is 3.52. The SMILES string of the molecule is c1ccc(CCN2CCC[C@H](c3cncc(-n4ccnc4)n3)C2)cc1. The van der Waals surface area contributed by atoms with Gasteiger partial charge in [-0.1, -0.05) is 30.3 Å². The van der Waals surface area contributed by atoms with Gasteiger partial charge < -0.3 is 4.90 Å². The number of likely N-dealkylation sites (tertiary alicyclic amines) is 1. The van der Waals surface area contributed by atoms with Gasteiger partial charge in [0.25, 0.3) is 0 Å². The lowest BCUT2D eigenvalue weighted by atomic mass is 9.94. The van der Waals surface area contributed by atoms with Gasteiger partial charge in [-0.05, 0) is 31.4 Å². The standard InChI is InChI=1S/C20H23N5/c1-2-5-17(6-3-1)8-11-24-10-4-7-18(15-24)19-13-22-14-20(23-19)25-12-9-21-16-25/h1-3,5-6,9,12-14,16,18H,4,7-8,10-11,15H2/t18-/m0/s1. The third-order valence-corrected chi connectivity index (χ3v) is 4.89. The molecule has 0 bridgehead atoms. The molecule has 5 nitrogen and oxygen atoms in total. The van der Waals surface area contributed by atoms with Gasteiger partial charge in [0.2, 0.25) is 0 Å². The predicted molar refractivity (Wildman–Crippen MR) is 97.7 cm³/mol. The van der Waals surface area contributed by atoms with Gasteiger partial charge in [-0.3, -0.25) is 9.55 Å². The van der Waals surface area contributed by atoms with E-state index in [0.717, 1.165) is 31.0 Å². The predicted octanol–water partition coefficient (Wildman–Crippen LogP) is 3.08. The lowest BCUT2D eigenvalue weighted by Crippen LogP contribution is -2.36. The van der Waals surface area contributed by atoms with E-state index in [1.807, 2.05) is 17.0 Å². The van der Waals surface area contributed by atoms with E-state index in [1.165, 1.54) is 24.9 Å². The number of imidazole rings is 1. The van der Waals surface area contributed by atoms with Crippen LogP contribution in [0.5, 0.6) is 0 Å². The molecule has 1 saturated heterocycles. The van der Waals surface area contributed by atoms with E-state index in [9.17, 15) is 0 Å². The molecule has 1 fully saturated rings. The van der Waals surface area contributed by atoms with Crippen molar-refractivity contribution in [2.45, 2.75) is 25.2 Å². The maximum Gasteiger partial charge on any atom is 0.156 e. The summed E-state index contributed by atoms with van der Waals surface area (Å²) in [5.41, 5.74) is 2.50. The van der Waals surface area contributed by atoms with Crippen LogP contribution in [0.3, 0.4) is 0 Å². The molecule has 0 aliphatic carbocycles. The summed E-state index contributed by atoms with van der Waals surface area (Å²) in [7, 11) is 0. The highest BCUT2D eigenvalue weighted by atomic mass is 15.1. The fourth-order valence-corrected chi connectivity index (χ4v) is 3.52. The van der Waals surface area contributed by atoms with Crippen LogP contribution in [-0.2, 0) is 6.42 Å². The summed E-state index contributed by atoms with van der Waals surface area (Å²) >= 11 is 0. The minimum Gasteiger partial charge on any atom is -0.302 e. The van der Waals surface area contributed by atoms with E-state index in [2.05, 4.69) is 45.2 Å². The number of aromatic nitrogens is 4. The number of benzene rings is 1. The van der Waals surface area contributed by atoms with Crippen LogP contribution < -0.4 is 0 Å². The first-order chi connectivity index (χ1) is 12.4. The lowest BCUT2D eigenvalue weighted by molar-refractivity contribution is 0.208. The monoisotopic (exact) mass is 333 g/mol. The van der Waals surface area contributed by atoms with Gasteiger partial charge in [0, 0.05) is 37.6 Å². The molecule has 0 unspecified atom stereocenters. The minimum atomic E-state index is 0.459. The highest BCUT2D eigenvalue weighted by Gasteiger charge is 2.22. The number of rotatable bonds is 5. The Balaban J connectivity index is 1.42. The fraction of sp³-hybridized carbons (Fsp3) is 0.350. The Hall–Kier alpha value is -2.53. The summed E-state index contributed by atoms with van der Waals surface area (Å²) in [4.78, 5) is 15.9. The molecule has 1 atom stereocenters. The number of piperidine rings is 1. The Labute approximate surface area is 148 Å². The van der Waals surface area contributed by atoms with Crippen molar-refractivity contribution in [2.75, 3.05) is 19.6 Å². The molecule has 2 aromatic heterocycles. The molecule has 5 heteroatoms. The first kappa shape index (κ1) is 16.0. The van der Waals surface area contributed by atoms with Crippen LogP contribution in [0.15, 0.2) is 61.4 Å². The van der Waals surface area contributed by atoms with Crippen LogP contribution in [0.1, 0.15) is 30.0 Å². The minimum absolute atomic E-state index is 0.459. The van der Waals surface area contributed by atoms with Crippen molar-refractivity contribution in [3.63, 3.8) is 0 Å². The van der Waals surface area contributed by atoms with Crippen molar-refractivity contribution in [2.24, 2.45) is 0 Å². The third kappa shape index (κ3) is 3.94. The van der Waals surface area contributed by atoms with Crippen molar-refractivity contribution < 1.29 is 0 Å². The summed E-state index contributed by atoms with van der Waals surface area (Å²) in [6.07, 6.45) is 12.7. The van der Waals surface area contributed by atoms with Gasteiger partial charge in [0.1, 0.15) is 6.33 Å². The smallest absolute Gasteiger partial charge is 0.156 e. The second kappa shape index (κ2) is 7.57. The molecular formula is C20H23N5. The summed E-state index contributed by atoms with van der Waals surface area (Å²) in [6.45, 7) is 3.35. The highest BCUT2D eigenvalue weighted by Crippen LogP contribution is 2.25. The van der Waals surface area contributed by atoms with E-state index in [4.69, 9.17) is 4.98 Å². The second-order valence-electron chi connectivity index (χ2n) is 6.65. The van der Waals surface area contributed by atoms with Crippen LogP contribution in [0, 0.1) is 0 Å². The largest absolute Gasteiger partial charge is 0.302 e. The van der Waals surface area contributed by atoms with E-state index in [1.54, 1.807) is 18.7 Å². The second-order valence-corrected chi connectivity index (χ2v) is 6.65. The third-order valence-electron chi connectivity index (χ3n) is 4.89. The maximum atomic E-state index is 4.83. The molecule has 0 spiro atoms. The van der Waals surface area contributed by atoms with Crippen LogP contribution in [0.25, 0.3) is 5.82 Å². The van der Waals surface area contributed by atoms with Crippen molar-refractivity contribution in [3.05, 3.63) is 72.7 Å². The highest BCUT2D eigenvalue weighted by molar-refractivity contribution is 5.21. The van der Waals surface area contributed by atoms with Crippen molar-refractivity contribution in [3.8, 4) is 5.82 Å². The van der Waals surface area contributed by atoms with Crippen LogP contribution in [-0.4, -0.2) is 44.1 Å². The quantitative estimate of drug-likeness (QED) is 0.720. The normalized spacial score (nSPS) is 18.3. The molecule has 0 saturated carbocycles. The van der Waals surface area contributed by atoms with Crippen LogP contribution in [0.2, 0.25) is 0 Å². The average molecular weight is 333 g/mol. The zero-order valence-electron chi connectivity index (χ0n) is 14.3. The van der Waals surface area contributed by atoms with Crippen LogP contribution >= 0.6 is 0 Å². The zero-order valence-corrected chi connectivity index (χ0v) is 14.3. The number of nitrogens with zero attached hydrogens (tertiary/aromatic N) is 5. The van der Waals surface area contributed by atoms with Gasteiger partial charge in [-0.15, -0.1) is 0 Å². The first-order valence-electron chi connectivity index (χ1n) is 8.95. The molecule has 25 heavy (non-hydrogen) atoms. The summed E-state index contributed by atoms with van der Waals surface area (Å²) in [5.74, 6) is 1.30. The van der Waals surface area contributed by atoms with Crippen molar-refractivity contribution >= 4 is 0 Å². The summed E-state index contributed by atoms with van der Waals surface area (Å²) in [6, 6.07) is 10.7. The molecule has 1 aliphatic heterocycles. The molecule has 0 radical (unpaired) electrons. The van der Waals surface area contributed by atoms with Gasteiger partial charge >= 0.3 is 0 Å². The number of hydrogen-bond donors (Lipinski definition) is 0. The molecule has 128 valence electrons. The average Bonchev–Trinajstić information content (AvgIpc) is 3.22. The molecule has 4 rings (SSSR count). The number of hydrogen-bond acceptors (Lipinski definition) is 4. The molecular weight excluding hydrogens is 310 g/mol. The molecule has 1 aromatic carbocycles. The van der Waals surface area contributed by atoms with E-state index in [0.29, 0.717) is 5.92 Å². The lowest BCUT2D eigenvalue weighted by Gasteiger charge is -2.32. The van der Waals surface area contributed by atoms with Crippen molar-refractivity contribution in [1.82, 2.24) is 24.4 Å². The van der Waals surface area contributed by atoms with E-state index in [-0.39, 0.29) is 0 Å². The van der Waals surface area contributed by atoms with Crippen LogP contribution in [0.4, 0.5) is 0 Å². The Kier molecular flexibility index (Phi) is 4.84. The Morgan fingerprint density at radius 2 is 2.00 bits per heavy atom. The first-order valence-corrected chi connectivity index (χ1v) is 8.95. The van der Waals surface area contributed by atoms with Gasteiger partial charge in [-0.25, -0.2) is 9.97 Å². The topological polar surface area (TPSA) is 46.8 Å². The van der Waals surface area contributed by atoms with Gasteiger partial charge in [0.05, 0.1) is 11.9 Å². The van der Waals surface area contributed by atoms with Gasteiger partial charge in [0.15, 0.2) is 5.82 Å². The Morgan fingerprint density at radius 3 is 2.84 bits per heavy atom. The Morgan fingerprint density at radius 1 is 1.08 bits per heavy atom. The van der Waals surface area contributed by atoms with Crippen molar-refractivity contribution in [1.29, 1.82) is 0 Å². The summed E-state index contributed by atoms with van der Waals surface area (Å²) < 4.78 is 1.91. The Bertz CT molecular complexity index is 785. The molecule has 1 aliphatic rings. The van der Waals surface area contributed by atoms with E-state index >= 15 is 0 Å². The maximum absolute atomic E-state index is 4.83. The summed E-state index contributed by atoms with van der Waals surface area (Å²) in [5, 5.41) is 0. The van der Waals surface area contributed by atoms with Gasteiger partial charge in [-0.2, -0.15) is 0 Å². The molecule has 0 N–H and O–H groups in total. The molecule has 0 amide bonds. The van der Waals surface area contributed by atoms with E-state index < -0.39 is 0 Å².